The van der Waals surface area contributed by atoms with Crippen LogP contribution in [0.5, 0.6) is 0 Å². The number of hydrogen-bond donors (Lipinski definition) is 2. The summed E-state index contributed by atoms with van der Waals surface area (Å²) >= 11 is 2.33. The van der Waals surface area contributed by atoms with Gasteiger partial charge in [-0.1, -0.05) is 23.8 Å². The van der Waals surface area contributed by atoms with Gasteiger partial charge < -0.3 is 15.8 Å². The molecule has 1 unspecified atom stereocenters. The van der Waals surface area contributed by atoms with E-state index in [1.807, 2.05) is 43.5 Å². The first-order valence-electron chi connectivity index (χ1n) is 10.1. The molecule has 1 atom stereocenters. The number of allylic oxidation sites excluding steroid dienone is 1. The Balaban J connectivity index is 2.03. The van der Waals surface area contributed by atoms with E-state index < -0.39 is 23.4 Å². The highest BCUT2D eigenvalue weighted by atomic mass is 32.1. The second kappa shape index (κ2) is 9.13. The predicted octanol–water partition coefficient (Wildman–Crippen LogP) is 1.78. The number of benzene rings is 1. The number of rotatable bonds is 4. The van der Waals surface area contributed by atoms with E-state index in [9.17, 15) is 19.6 Å². The standard InChI is InChI=1S/C24H20N4O4S2/c1-12-6-7-15(13(2)9-12)27-22(30)20-19(16-5-4-8-33-16)14(11-25)21(26)28-23(31)17(34-24(20)28)10-18(29)32-3/h4-10,19H,26H2,1-3H3,(H,27,30)/b17-10-. The quantitative estimate of drug-likeness (QED) is 0.535. The van der Waals surface area contributed by atoms with E-state index in [-0.39, 0.29) is 26.2 Å². The first kappa shape index (κ1) is 23.2. The summed E-state index contributed by atoms with van der Waals surface area (Å²) in [6.45, 7) is 3.84. The van der Waals surface area contributed by atoms with Crippen LogP contribution in [0.1, 0.15) is 21.9 Å². The number of thiophene rings is 1. The molecule has 0 radical (unpaired) electrons. The van der Waals surface area contributed by atoms with Crippen molar-refractivity contribution in [2.45, 2.75) is 19.8 Å². The Kier molecular flexibility index (Phi) is 6.24. The highest BCUT2D eigenvalue weighted by Crippen LogP contribution is 2.38. The van der Waals surface area contributed by atoms with Crippen LogP contribution in [0.25, 0.3) is 17.5 Å². The summed E-state index contributed by atoms with van der Waals surface area (Å²) in [6, 6.07) is 11.4. The molecule has 0 fully saturated rings. The second-order valence-corrected chi connectivity index (χ2v) is 9.63. The molecule has 34 heavy (non-hydrogen) atoms. The zero-order valence-corrected chi connectivity index (χ0v) is 20.2. The molecule has 1 aliphatic rings. The molecule has 10 heteroatoms. The van der Waals surface area contributed by atoms with Crippen molar-refractivity contribution in [1.82, 2.24) is 4.57 Å². The van der Waals surface area contributed by atoms with Gasteiger partial charge in [-0.2, -0.15) is 5.26 Å². The van der Waals surface area contributed by atoms with Crippen molar-refractivity contribution in [3.05, 3.63) is 76.8 Å². The molecular formula is C24H20N4O4S2. The summed E-state index contributed by atoms with van der Waals surface area (Å²) in [4.78, 5) is 39.4. The van der Waals surface area contributed by atoms with Crippen molar-refractivity contribution in [1.29, 1.82) is 5.26 Å². The fourth-order valence-electron chi connectivity index (χ4n) is 3.82. The van der Waals surface area contributed by atoms with Gasteiger partial charge in [0.1, 0.15) is 15.0 Å². The maximum Gasteiger partial charge on any atom is 0.332 e. The summed E-state index contributed by atoms with van der Waals surface area (Å²) in [5, 5.41) is 14.7. The van der Waals surface area contributed by atoms with Crippen molar-refractivity contribution in [2.24, 2.45) is 5.73 Å². The number of anilines is 1. The van der Waals surface area contributed by atoms with Gasteiger partial charge >= 0.3 is 5.97 Å². The van der Waals surface area contributed by atoms with Crippen LogP contribution in [0.15, 0.2) is 46.1 Å². The fraction of sp³-hybridized carbons (Fsp3) is 0.167. The van der Waals surface area contributed by atoms with E-state index in [0.717, 1.165) is 38.0 Å². The van der Waals surface area contributed by atoms with E-state index in [1.165, 1.54) is 18.4 Å². The molecular weight excluding hydrogens is 472 g/mol. The van der Waals surface area contributed by atoms with Crippen LogP contribution in [-0.4, -0.2) is 23.6 Å². The molecule has 3 N–H and O–H groups in total. The average molecular weight is 493 g/mol. The van der Waals surface area contributed by atoms with E-state index >= 15 is 0 Å². The minimum Gasteiger partial charge on any atom is -0.466 e. The van der Waals surface area contributed by atoms with Gasteiger partial charge in [-0.25, -0.2) is 4.79 Å². The fourth-order valence-corrected chi connectivity index (χ4v) is 5.80. The number of carbonyl (C=O) groups excluding carboxylic acids is 2. The number of nitriles is 1. The van der Waals surface area contributed by atoms with Gasteiger partial charge in [-0.15, -0.1) is 22.7 Å². The minimum absolute atomic E-state index is 0.0470. The molecule has 1 amide bonds. The van der Waals surface area contributed by atoms with Crippen molar-refractivity contribution < 1.29 is 14.3 Å². The minimum atomic E-state index is -0.764. The van der Waals surface area contributed by atoms with Gasteiger partial charge in [0.2, 0.25) is 0 Å². The smallest absolute Gasteiger partial charge is 0.332 e. The van der Waals surface area contributed by atoms with E-state index in [2.05, 4.69) is 16.1 Å². The molecule has 1 aromatic carbocycles. The first-order valence-corrected chi connectivity index (χ1v) is 11.8. The van der Waals surface area contributed by atoms with Gasteiger partial charge in [0.25, 0.3) is 11.5 Å². The molecule has 0 saturated heterocycles. The highest BCUT2D eigenvalue weighted by molar-refractivity contribution is 7.10. The number of hydrogen-bond acceptors (Lipinski definition) is 8. The van der Waals surface area contributed by atoms with E-state index in [1.54, 1.807) is 6.07 Å². The van der Waals surface area contributed by atoms with Crippen LogP contribution in [-0.2, 0) is 14.3 Å². The SMILES string of the molecule is COC(=O)/C=c1\sc2n(c1=O)C(N)=C(C#N)C(c1cccs1)C=2C(=O)Nc1ccc(C)cc1C. The van der Waals surface area contributed by atoms with E-state index in [0.29, 0.717) is 5.69 Å². The second-order valence-electron chi connectivity index (χ2n) is 7.62. The van der Waals surface area contributed by atoms with Crippen molar-refractivity contribution in [3.8, 4) is 6.07 Å². The average Bonchev–Trinajstić information content (AvgIpc) is 3.44. The normalized spacial score (nSPS) is 15.6. The molecule has 2 aromatic heterocycles. The summed E-state index contributed by atoms with van der Waals surface area (Å²) < 4.78 is 6.08. The Hall–Kier alpha value is -3.94. The monoisotopic (exact) mass is 492 g/mol. The van der Waals surface area contributed by atoms with Crippen LogP contribution >= 0.6 is 22.7 Å². The van der Waals surface area contributed by atoms with Crippen molar-refractivity contribution in [3.63, 3.8) is 0 Å². The number of fused-ring (bicyclic) bond motifs is 1. The molecule has 0 aliphatic carbocycles. The first-order chi connectivity index (χ1) is 16.3. The van der Waals surface area contributed by atoms with Crippen LogP contribution in [0.3, 0.4) is 0 Å². The molecule has 0 saturated carbocycles. The van der Waals surface area contributed by atoms with Crippen LogP contribution in [0.4, 0.5) is 5.69 Å². The van der Waals surface area contributed by atoms with Crippen molar-refractivity contribution in [2.75, 3.05) is 12.4 Å². The molecule has 172 valence electrons. The third-order valence-corrected chi connectivity index (χ3v) is 7.47. The molecule has 3 aromatic rings. The number of thiazole rings is 1. The summed E-state index contributed by atoms with van der Waals surface area (Å²) in [7, 11) is 1.20. The Morgan fingerprint density at radius 3 is 2.68 bits per heavy atom. The van der Waals surface area contributed by atoms with Crippen LogP contribution in [0, 0.1) is 25.2 Å². The van der Waals surface area contributed by atoms with Crippen LogP contribution < -0.4 is 25.8 Å². The molecule has 0 spiro atoms. The number of nitrogens with zero attached hydrogens (tertiary/aromatic N) is 2. The van der Waals surface area contributed by atoms with Crippen molar-refractivity contribution >= 4 is 57.7 Å². The van der Waals surface area contributed by atoms with Gasteiger partial charge in [0.15, 0.2) is 0 Å². The Morgan fingerprint density at radius 2 is 2.06 bits per heavy atom. The lowest BCUT2D eigenvalue weighted by Gasteiger charge is -2.24. The summed E-state index contributed by atoms with van der Waals surface area (Å²) in [5.74, 6) is -2.01. The zero-order valence-electron chi connectivity index (χ0n) is 18.5. The molecule has 0 bridgehead atoms. The van der Waals surface area contributed by atoms with Gasteiger partial charge in [0, 0.05) is 16.6 Å². The maximum atomic E-state index is 13.7. The lowest BCUT2D eigenvalue weighted by molar-refractivity contribution is -0.133. The van der Waals surface area contributed by atoms with Gasteiger partial charge in [-0.05, 0) is 36.9 Å². The number of esters is 1. The Bertz CT molecular complexity index is 1570. The number of ether oxygens (including phenoxy) is 1. The maximum absolute atomic E-state index is 13.7. The Labute approximate surface area is 202 Å². The highest BCUT2D eigenvalue weighted by Gasteiger charge is 2.36. The molecule has 3 heterocycles. The summed E-state index contributed by atoms with van der Waals surface area (Å²) in [6.07, 6.45) is 1.05. The molecule has 1 aliphatic heterocycles. The number of carbonyl (C=O) groups is 2. The Morgan fingerprint density at radius 1 is 1.29 bits per heavy atom. The number of nitrogens with one attached hydrogen (secondary N) is 1. The van der Waals surface area contributed by atoms with Crippen LogP contribution in [0.2, 0.25) is 0 Å². The van der Waals surface area contributed by atoms with E-state index in [4.69, 9.17) is 5.73 Å². The zero-order chi connectivity index (χ0) is 24.6. The third kappa shape index (κ3) is 3.96. The summed E-state index contributed by atoms with van der Waals surface area (Å²) in [5.41, 5.74) is 8.52. The number of amides is 1. The van der Waals surface area contributed by atoms with Gasteiger partial charge in [-0.3, -0.25) is 14.2 Å². The lowest BCUT2D eigenvalue weighted by Crippen LogP contribution is -2.40. The number of methoxy groups -OCH3 is 1. The molecule has 4 rings (SSSR count). The number of nitrogens with two attached hydrogens (primary N) is 1. The topological polar surface area (TPSA) is 127 Å². The van der Waals surface area contributed by atoms with Gasteiger partial charge in [0.05, 0.1) is 30.2 Å². The third-order valence-electron chi connectivity index (χ3n) is 5.42. The predicted molar refractivity (Wildman–Crippen MR) is 132 cm³/mol. The lowest BCUT2D eigenvalue weighted by atomic mass is 9.88. The largest absolute Gasteiger partial charge is 0.466 e. The molecule has 8 nitrogen and oxygen atoms in total. The number of aromatic nitrogens is 1. The number of aryl methyl sites for hydroxylation is 2.